The van der Waals surface area contributed by atoms with Crippen LogP contribution in [0.4, 0.5) is 0 Å². The first-order valence-electron chi connectivity index (χ1n) is 4.31. The lowest BCUT2D eigenvalue weighted by Gasteiger charge is -2.13. The molecule has 1 aliphatic heterocycles. The van der Waals surface area contributed by atoms with Crippen LogP contribution in [0.15, 0.2) is 4.99 Å². The van der Waals surface area contributed by atoms with Gasteiger partial charge in [0.25, 0.3) is 0 Å². The monoisotopic (exact) mass is 155 g/mol. The minimum absolute atomic E-state index is 0.711. The van der Waals surface area contributed by atoms with Gasteiger partial charge in [0.15, 0.2) is 5.90 Å². The van der Waals surface area contributed by atoms with E-state index in [1.807, 2.05) is 0 Å². The Kier molecular flexibility index (Phi) is 2.92. The van der Waals surface area contributed by atoms with Crippen molar-refractivity contribution in [3.63, 3.8) is 0 Å². The van der Waals surface area contributed by atoms with Gasteiger partial charge in [-0.2, -0.15) is 0 Å². The number of ether oxygens (including phenoxy) is 1. The molecule has 0 radical (unpaired) electrons. The van der Waals surface area contributed by atoms with Crippen molar-refractivity contribution in [1.82, 2.24) is 0 Å². The number of methoxy groups -OCH3 is 1. The van der Waals surface area contributed by atoms with Gasteiger partial charge in [0.05, 0.1) is 7.11 Å². The lowest BCUT2D eigenvalue weighted by molar-refractivity contribution is 0.374. The fourth-order valence-corrected chi connectivity index (χ4v) is 1.31. The van der Waals surface area contributed by atoms with Crippen molar-refractivity contribution in [2.24, 2.45) is 16.8 Å². The topological polar surface area (TPSA) is 21.6 Å². The molecule has 2 nitrogen and oxygen atoms in total. The molecule has 2 unspecified atom stereocenters. The SMILES string of the molecule is COC1=NCC(C)C(C)CC1. The first-order chi connectivity index (χ1) is 5.24. The maximum absolute atomic E-state index is 5.12. The summed E-state index contributed by atoms with van der Waals surface area (Å²) in [4.78, 5) is 4.37. The molecule has 11 heavy (non-hydrogen) atoms. The summed E-state index contributed by atoms with van der Waals surface area (Å²) in [6, 6.07) is 0. The highest BCUT2D eigenvalue weighted by Crippen LogP contribution is 2.20. The molecule has 0 bridgehead atoms. The third kappa shape index (κ3) is 2.21. The predicted octanol–water partition coefficient (Wildman–Crippen LogP) is 2.10. The molecule has 2 atom stereocenters. The molecule has 0 spiro atoms. The summed E-state index contributed by atoms with van der Waals surface area (Å²) in [5.41, 5.74) is 0. The maximum Gasteiger partial charge on any atom is 0.182 e. The van der Waals surface area contributed by atoms with Crippen molar-refractivity contribution >= 4 is 5.90 Å². The first-order valence-corrected chi connectivity index (χ1v) is 4.31. The molecule has 0 saturated carbocycles. The van der Waals surface area contributed by atoms with Crippen LogP contribution in [0.1, 0.15) is 26.7 Å². The van der Waals surface area contributed by atoms with E-state index in [0.29, 0.717) is 5.92 Å². The predicted molar refractivity (Wildman–Crippen MR) is 46.9 cm³/mol. The number of rotatable bonds is 0. The van der Waals surface area contributed by atoms with E-state index in [9.17, 15) is 0 Å². The Morgan fingerprint density at radius 2 is 2.09 bits per heavy atom. The van der Waals surface area contributed by atoms with Crippen LogP contribution in [0.2, 0.25) is 0 Å². The van der Waals surface area contributed by atoms with Crippen LogP contribution in [0, 0.1) is 11.8 Å². The Hall–Kier alpha value is -0.530. The fourth-order valence-electron chi connectivity index (χ4n) is 1.31. The molecular formula is C9H17NO. The molecule has 0 saturated heterocycles. The molecule has 0 aromatic heterocycles. The third-order valence-corrected chi connectivity index (χ3v) is 2.58. The van der Waals surface area contributed by atoms with E-state index in [-0.39, 0.29) is 0 Å². The van der Waals surface area contributed by atoms with Crippen LogP contribution in [-0.2, 0) is 4.74 Å². The summed E-state index contributed by atoms with van der Waals surface area (Å²) in [5.74, 6) is 2.43. The standard InChI is InChI=1S/C9H17NO/c1-7-4-5-9(11-3)10-6-8(7)2/h7-8H,4-6H2,1-3H3. The van der Waals surface area contributed by atoms with E-state index in [4.69, 9.17) is 4.74 Å². The summed E-state index contributed by atoms with van der Waals surface area (Å²) in [6.07, 6.45) is 2.23. The van der Waals surface area contributed by atoms with E-state index in [1.165, 1.54) is 6.42 Å². The number of hydrogen-bond acceptors (Lipinski definition) is 2. The van der Waals surface area contributed by atoms with Crippen molar-refractivity contribution in [3.05, 3.63) is 0 Å². The molecule has 0 fully saturated rings. The summed E-state index contributed by atoms with van der Waals surface area (Å²) in [5, 5.41) is 0. The zero-order valence-corrected chi connectivity index (χ0v) is 7.63. The van der Waals surface area contributed by atoms with Crippen molar-refractivity contribution in [3.8, 4) is 0 Å². The van der Waals surface area contributed by atoms with Crippen LogP contribution in [0.25, 0.3) is 0 Å². The lowest BCUT2D eigenvalue weighted by Crippen LogP contribution is -2.08. The van der Waals surface area contributed by atoms with Gasteiger partial charge in [-0.05, 0) is 18.3 Å². The molecule has 0 aliphatic carbocycles. The smallest absolute Gasteiger partial charge is 0.182 e. The molecule has 1 rings (SSSR count). The van der Waals surface area contributed by atoms with E-state index in [0.717, 1.165) is 24.8 Å². The van der Waals surface area contributed by atoms with Crippen molar-refractivity contribution in [1.29, 1.82) is 0 Å². The zero-order valence-electron chi connectivity index (χ0n) is 7.63. The third-order valence-electron chi connectivity index (χ3n) is 2.58. The van der Waals surface area contributed by atoms with Gasteiger partial charge >= 0.3 is 0 Å². The molecule has 2 heteroatoms. The Morgan fingerprint density at radius 1 is 1.36 bits per heavy atom. The average Bonchev–Trinajstić information content (AvgIpc) is 2.16. The lowest BCUT2D eigenvalue weighted by atomic mass is 9.93. The molecule has 64 valence electrons. The van der Waals surface area contributed by atoms with Gasteiger partial charge in [0, 0.05) is 13.0 Å². The van der Waals surface area contributed by atoms with E-state index < -0.39 is 0 Å². The van der Waals surface area contributed by atoms with Gasteiger partial charge in [-0.1, -0.05) is 13.8 Å². The second-order valence-corrected chi connectivity index (χ2v) is 3.43. The van der Waals surface area contributed by atoms with Gasteiger partial charge in [-0.15, -0.1) is 0 Å². The Morgan fingerprint density at radius 3 is 2.73 bits per heavy atom. The molecule has 0 aromatic rings. The van der Waals surface area contributed by atoms with Crippen LogP contribution < -0.4 is 0 Å². The normalized spacial score (nSPS) is 32.5. The van der Waals surface area contributed by atoms with Gasteiger partial charge in [-0.3, -0.25) is 4.99 Å². The summed E-state index contributed by atoms with van der Waals surface area (Å²) < 4.78 is 5.12. The molecule has 0 amide bonds. The van der Waals surface area contributed by atoms with E-state index >= 15 is 0 Å². The minimum atomic E-state index is 0.711. The van der Waals surface area contributed by atoms with Crippen molar-refractivity contribution in [2.45, 2.75) is 26.7 Å². The van der Waals surface area contributed by atoms with Crippen LogP contribution in [-0.4, -0.2) is 19.6 Å². The number of hydrogen-bond donors (Lipinski definition) is 0. The highest BCUT2D eigenvalue weighted by molar-refractivity contribution is 5.76. The highest BCUT2D eigenvalue weighted by atomic mass is 16.5. The van der Waals surface area contributed by atoms with Gasteiger partial charge in [0.1, 0.15) is 0 Å². The number of aliphatic imine (C=N–C) groups is 1. The summed E-state index contributed by atoms with van der Waals surface area (Å²) in [6.45, 7) is 5.48. The second kappa shape index (κ2) is 3.74. The van der Waals surface area contributed by atoms with Crippen LogP contribution in [0.3, 0.4) is 0 Å². The second-order valence-electron chi connectivity index (χ2n) is 3.43. The quantitative estimate of drug-likeness (QED) is 0.525. The van der Waals surface area contributed by atoms with Gasteiger partial charge < -0.3 is 4.74 Å². The largest absolute Gasteiger partial charge is 0.484 e. The van der Waals surface area contributed by atoms with Gasteiger partial charge in [0.2, 0.25) is 0 Å². The molecular weight excluding hydrogens is 138 g/mol. The first kappa shape index (κ1) is 8.57. The van der Waals surface area contributed by atoms with E-state index in [2.05, 4.69) is 18.8 Å². The van der Waals surface area contributed by atoms with Crippen LogP contribution in [0.5, 0.6) is 0 Å². The van der Waals surface area contributed by atoms with Crippen molar-refractivity contribution < 1.29 is 4.74 Å². The Bertz CT molecular complexity index is 154. The van der Waals surface area contributed by atoms with E-state index in [1.54, 1.807) is 7.11 Å². The highest BCUT2D eigenvalue weighted by Gasteiger charge is 2.16. The fraction of sp³-hybridized carbons (Fsp3) is 0.889. The Labute approximate surface area is 68.7 Å². The molecule has 0 aromatic carbocycles. The minimum Gasteiger partial charge on any atom is -0.484 e. The summed E-state index contributed by atoms with van der Waals surface area (Å²) >= 11 is 0. The molecule has 0 N–H and O–H groups in total. The van der Waals surface area contributed by atoms with Crippen molar-refractivity contribution in [2.75, 3.05) is 13.7 Å². The molecule has 1 heterocycles. The van der Waals surface area contributed by atoms with Crippen LogP contribution >= 0.6 is 0 Å². The average molecular weight is 155 g/mol. The zero-order chi connectivity index (χ0) is 8.27. The Balaban J connectivity index is 2.51. The van der Waals surface area contributed by atoms with Gasteiger partial charge in [-0.25, -0.2) is 0 Å². The summed E-state index contributed by atoms with van der Waals surface area (Å²) in [7, 11) is 1.71. The number of nitrogens with zero attached hydrogens (tertiary/aromatic N) is 1. The molecule has 1 aliphatic rings. The maximum atomic E-state index is 5.12.